The zero-order valence-electron chi connectivity index (χ0n) is 10.8. The van der Waals surface area contributed by atoms with Gasteiger partial charge in [-0.15, -0.1) is 0 Å². The number of methoxy groups -OCH3 is 1. The van der Waals surface area contributed by atoms with E-state index in [0.717, 1.165) is 15.1 Å². The summed E-state index contributed by atoms with van der Waals surface area (Å²) < 4.78 is 13.3. The van der Waals surface area contributed by atoms with Gasteiger partial charge in [-0.25, -0.2) is 9.67 Å². The van der Waals surface area contributed by atoms with Gasteiger partial charge in [-0.3, -0.25) is 0 Å². The molecule has 3 rings (SSSR count). The first-order valence-corrected chi connectivity index (χ1v) is 7.28. The Morgan fingerprint density at radius 1 is 1.60 bits per heavy atom. The van der Waals surface area contributed by atoms with Crippen LogP contribution < -0.4 is 5.32 Å². The van der Waals surface area contributed by atoms with Crippen LogP contribution in [0.15, 0.2) is 4.99 Å². The van der Waals surface area contributed by atoms with Gasteiger partial charge in [0.2, 0.25) is 5.90 Å². The highest BCUT2D eigenvalue weighted by Gasteiger charge is 2.38. The number of hydrogen-bond acceptors (Lipinski definition) is 7. The van der Waals surface area contributed by atoms with Gasteiger partial charge in [-0.05, 0) is 22.6 Å². The van der Waals surface area contributed by atoms with Gasteiger partial charge in [0.05, 0.1) is 19.8 Å². The molecule has 1 saturated heterocycles. The number of aromatic nitrogens is 2. The molecule has 3 atom stereocenters. The van der Waals surface area contributed by atoms with Crippen molar-refractivity contribution in [3.8, 4) is 0 Å². The van der Waals surface area contributed by atoms with Gasteiger partial charge in [0.1, 0.15) is 27.9 Å². The van der Waals surface area contributed by atoms with Crippen molar-refractivity contribution in [1.29, 1.82) is 0 Å². The molecule has 2 aliphatic heterocycles. The van der Waals surface area contributed by atoms with Crippen LogP contribution in [0.25, 0.3) is 0 Å². The number of aliphatic hydroxyl groups is 2. The highest BCUT2D eigenvalue weighted by Crippen LogP contribution is 2.34. The lowest BCUT2D eigenvalue weighted by atomic mass is 10.2. The second-order valence-corrected chi connectivity index (χ2v) is 5.60. The molecule has 3 unspecified atom stereocenters. The van der Waals surface area contributed by atoms with Gasteiger partial charge in [0.15, 0.2) is 6.23 Å². The number of halogens is 1. The van der Waals surface area contributed by atoms with Crippen molar-refractivity contribution >= 4 is 34.3 Å². The van der Waals surface area contributed by atoms with Crippen molar-refractivity contribution in [3.05, 3.63) is 9.26 Å². The SMILES string of the molecule is COC1=NCNc2c1c(I)nn2C1CC(O)C(CO)O1. The van der Waals surface area contributed by atoms with E-state index in [4.69, 9.17) is 14.6 Å². The Morgan fingerprint density at radius 2 is 2.40 bits per heavy atom. The Morgan fingerprint density at radius 3 is 3.05 bits per heavy atom. The summed E-state index contributed by atoms with van der Waals surface area (Å²) in [7, 11) is 1.57. The van der Waals surface area contributed by atoms with E-state index in [2.05, 4.69) is 38.0 Å². The molecule has 0 bridgehead atoms. The van der Waals surface area contributed by atoms with E-state index in [1.165, 1.54) is 0 Å². The number of aliphatic hydroxyl groups excluding tert-OH is 2. The van der Waals surface area contributed by atoms with Gasteiger partial charge in [-0.1, -0.05) is 0 Å². The third-order valence-corrected chi connectivity index (χ3v) is 4.16. The third-order valence-electron chi connectivity index (χ3n) is 3.40. The van der Waals surface area contributed by atoms with Crippen molar-refractivity contribution in [2.45, 2.75) is 24.9 Å². The number of nitrogens with one attached hydrogen (secondary N) is 1. The second kappa shape index (κ2) is 5.47. The van der Waals surface area contributed by atoms with Gasteiger partial charge in [-0.2, -0.15) is 5.10 Å². The lowest BCUT2D eigenvalue weighted by Crippen LogP contribution is -2.24. The maximum absolute atomic E-state index is 9.83. The van der Waals surface area contributed by atoms with Crippen LogP contribution in [0.1, 0.15) is 18.2 Å². The predicted molar refractivity (Wildman–Crippen MR) is 78.6 cm³/mol. The summed E-state index contributed by atoms with van der Waals surface area (Å²) in [5.74, 6) is 1.30. The monoisotopic (exact) mass is 394 g/mol. The molecule has 2 aliphatic rings. The van der Waals surface area contributed by atoms with Crippen LogP contribution in [0.2, 0.25) is 0 Å². The number of fused-ring (bicyclic) bond motifs is 1. The van der Waals surface area contributed by atoms with E-state index in [1.807, 2.05) is 0 Å². The number of ether oxygens (including phenoxy) is 2. The maximum atomic E-state index is 9.83. The fourth-order valence-electron chi connectivity index (χ4n) is 2.43. The molecule has 0 aromatic carbocycles. The fraction of sp³-hybridized carbons (Fsp3) is 0.636. The first kappa shape index (κ1) is 14.0. The molecule has 3 heterocycles. The summed E-state index contributed by atoms with van der Waals surface area (Å²) in [5, 5.41) is 26.6. The van der Waals surface area contributed by atoms with Crippen LogP contribution >= 0.6 is 22.6 Å². The lowest BCUT2D eigenvalue weighted by molar-refractivity contribution is -0.0477. The van der Waals surface area contributed by atoms with Crippen molar-refractivity contribution in [3.63, 3.8) is 0 Å². The van der Waals surface area contributed by atoms with Crippen LogP contribution in [0.3, 0.4) is 0 Å². The van der Waals surface area contributed by atoms with Gasteiger partial charge < -0.3 is 25.0 Å². The van der Waals surface area contributed by atoms with Gasteiger partial charge in [0, 0.05) is 6.42 Å². The summed E-state index contributed by atoms with van der Waals surface area (Å²) in [6, 6.07) is 0. The Balaban J connectivity index is 1.95. The Labute approximate surface area is 128 Å². The van der Waals surface area contributed by atoms with Crippen LogP contribution in [0.5, 0.6) is 0 Å². The summed E-state index contributed by atoms with van der Waals surface area (Å²) >= 11 is 2.11. The molecule has 0 radical (unpaired) electrons. The largest absolute Gasteiger partial charge is 0.481 e. The molecular formula is C11H15IN4O4. The Kier molecular flexibility index (Phi) is 3.84. The van der Waals surface area contributed by atoms with Crippen molar-refractivity contribution in [2.75, 3.05) is 25.7 Å². The predicted octanol–water partition coefficient (Wildman–Crippen LogP) is -0.0956. The number of rotatable bonds is 2. The minimum absolute atomic E-state index is 0.212. The molecule has 9 heteroatoms. The van der Waals surface area contributed by atoms with Crippen LogP contribution in [-0.4, -0.2) is 58.5 Å². The molecule has 0 saturated carbocycles. The number of hydrogen-bond donors (Lipinski definition) is 3. The molecule has 1 fully saturated rings. The summed E-state index contributed by atoms with van der Waals surface area (Å²) in [6.07, 6.45) is -1.29. The average Bonchev–Trinajstić information content (AvgIpc) is 2.99. The molecule has 0 aliphatic carbocycles. The zero-order valence-corrected chi connectivity index (χ0v) is 12.9. The quantitative estimate of drug-likeness (QED) is 0.606. The molecule has 0 amide bonds. The third kappa shape index (κ3) is 2.18. The molecule has 8 nitrogen and oxygen atoms in total. The average molecular weight is 394 g/mol. The highest BCUT2D eigenvalue weighted by molar-refractivity contribution is 14.1. The Bertz CT molecular complexity index is 547. The summed E-state index contributed by atoms with van der Waals surface area (Å²) in [5.41, 5.74) is 0.796. The summed E-state index contributed by atoms with van der Waals surface area (Å²) in [6.45, 7) is 0.188. The van der Waals surface area contributed by atoms with E-state index in [0.29, 0.717) is 19.0 Å². The molecule has 3 N–H and O–H groups in total. The fourth-order valence-corrected chi connectivity index (χ4v) is 3.15. The normalized spacial score (nSPS) is 28.8. The first-order chi connectivity index (χ1) is 9.65. The van der Waals surface area contributed by atoms with Crippen molar-refractivity contribution < 1.29 is 19.7 Å². The summed E-state index contributed by atoms with van der Waals surface area (Å²) in [4.78, 5) is 4.23. The van der Waals surface area contributed by atoms with Crippen LogP contribution in [-0.2, 0) is 9.47 Å². The van der Waals surface area contributed by atoms with Crippen LogP contribution in [0, 0.1) is 3.70 Å². The van der Waals surface area contributed by atoms with E-state index in [-0.39, 0.29) is 6.61 Å². The number of nitrogens with zero attached hydrogens (tertiary/aromatic N) is 3. The van der Waals surface area contributed by atoms with E-state index >= 15 is 0 Å². The number of aliphatic imine (C=N–C) groups is 1. The molecule has 1 aromatic heterocycles. The van der Waals surface area contributed by atoms with Crippen LogP contribution in [0.4, 0.5) is 5.82 Å². The minimum atomic E-state index is -0.693. The van der Waals surface area contributed by atoms with E-state index in [1.54, 1.807) is 11.8 Å². The van der Waals surface area contributed by atoms with Crippen molar-refractivity contribution in [2.24, 2.45) is 4.99 Å². The lowest BCUT2D eigenvalue weighted by Gasteiger charge is -2.19. The molecule has 20 heavy (non-hydrogen) atoms. The molecule has 1 aromatic rings. The minimum Gasteiger partial charge on any atom is -0.481 e. The maximum Gasteiger partial charge on any atom is 0.224 e. The smallest absolute Gasteiger partial charge is 0.224 e. The molecular weight excluding hydrogens is 379 g/mol. The van der Waals surface area contributed by atoms with Gasteiger partial charge in [0.25, 0.3) is 0 Å². The second-order valence-electron chi connectivity index (χ2n) is 4.58. The van der Waals surface area contributed by atoms with Crippen molar-refractivity contribution in [1.82, 2.24) is 9.78 Å². The highest BCUT2D eigenvalue weighted by atomic mass is 127. The first-order valence-electron chi connectivity index (χ1n) is 6.20. The zero-order chi connectivity index (χ0) is 14.3. The topological polar surface area (TPSA) is 101 Å². The molecule has 0 spiro atoms. The van der Waals surface area contributed by atoms with E-state index in [9.17, 15) is 5.11 Å². The molecule has 110 valence electrons. The number of anilines is 1. The van der Waals surface area contributed by atoms with E-state index < -0.39 is 18.4 Å². The van der Waals surface area contributed by atoms with Gasteiger partial charge >= 0.3 is 0 Å². The Hall–Kier alpha value is -0.910. The standard InChI is InChI=1S/C11H15IN4O4/c1-19-11-8-9(12)15-16(10(8)13-4-14-11)7-2-5(18)6(3-17)20-7/h5-7,13,17-18H,2-4H2,1H3.